The fraction of sp³-hybridized carbons (Fsp3) is 0.357. The molecule has 1 aliphatic rings. The number of hydrogen-bond acceptors (Lipinski definition) is 4. The topological polar surface area (TPSA) is 59.8 Å². The van der Waals surface area contributed by atoms with Crippen molar-refractivity contribution >= 4 is 0 Å². The summed E-state index contributed by atoms with van der Waals surface area (Å²) < 4.78 is 1.67. The van der Waals surface area contributed by atoms with Crippen LogP contribution in [-0.4, -0.2) is 21.1 Å². The van der Waals surface area contributed by atoms with E-state index in [1.165, 1.54) is 0 Å². The lowest BCUT2D eigenvalue weighted by molar-refractivity contribution is 0.596. The van der Waals surface area contributed by atoms with Gasteiger partial charge in [0.15, 0.2) is 0 Å². The minimum absolute atomic E-state index is 0.0769. The van der Waals surface area contributed by atoms with Gasteiger partial charge in [0.1, 0.15) is 0 Å². The highest BCUT2D eigenvalue weighted by atomic mass is 16.1. The Morgan fingerprint density at radius 1 is 1.42 bits per heavy atom. The molecule has 1 aliphatic heterocycles. The lowest BCUT2D eigenvalue weighted by atomic mass is 10.1. The smallest absolute Gasteiger partial charge is 0.257 e. The summed E-state index contributed by atoms with van der Waals surface area (Å²) in [5.41, 5.74) is 3.93. The molecule has 1 N–H and O–H groups in total. The van der Waals surface area contributed by atoms with Crippen LogP contribution >= 0.6 is 0 Å². The molecule has 0 unspecified atom stereocenters. The molecule has 5 heteroatoms. The van der Waals surface area contributed by atoms with E-state index in [1.807, 2.05) is 19.2 Å². The van der Waals surface area contributed by atoms with Crippen LogP contribution in [0.3, 0.4) is 0 Å². The second-order valence-corrected chi connectivity index (χ2v) is 4.90. The second kappa shape index (κ2) is 4.93. The average molecular weight is 256 g/mol. The van der Waals surface area contributed by atoms with Crippen LogP contribution < -0.4 is 10.9 Å². The van der Waals surface area contributed by atoms with Gasteiger partial charge in [0.2, 0.25) is 0 Å². The SMILES string of the molecule is Cc1cncc(Cn2cnc3c(c2=O)CCNC3)c1. The van der Waals surface area contributed by atoms with Gasteiger partial charge in [-0.25, -0.2) is 4.98 Å². The first-order valence-electron chi connectivity index (χ1n) is 6.42. The Hall–Kier alpha value is -2.01. The van der Waals surface area contributed by atoms with E-state index in [1.54, 1.807) is 17.1 Å². The molecule has 0 saturated heterocycles. The predicted octanol–water partition coefficient (Wildman–Crippen LogP) is 0.641. The quantitative estimate of drug-likeness (QED) is 0.856. The molecule has 19 heavy (non-hydrogen) atoms. The van der Waals surface area contributed by atoms with Crippen molar-refractivity contribution in [2.24, 2.45) is 0 Å². The van der Waals surface area contributed by atoms with Gasteiger partial charge in [0.05, 0.1) is 18.6 Å². The molecule has 2 aromatic rings. The van der Waals surface area contributed by atoms with E-state index in [-0.39, 0.29) is 5.56 Å². The van der Waals surface area contributed by atoms with Crippen LogP contribution in [0.15, 0.2) is 29.6 Å². The number of nitrogens with zero attached hydrogens (tertiary/aromatic N) is 3. The van der Waals surface area contributed by atoms with Crippen LogP contribution in [0, 0.1) is 6.92 Å². The Balaban J connectivity index is 1.96. The van der Waals surface area contributed by atoms with Crippen LogP contribution in [0.5, 0.6) is 0 Å². The van der Waals surface area contributed by atoms with E-state index in [0.29, 0.717) is 13.1 Å². The summed E-state index contributed by atoms with van der Waals surface area (Å²) in [4.78, 5) is 20.9. The van der Waals surface area contributed by atoms with E-state index in [0.717, 1.165) is 35.3 Å². The Kier molecular flexibility index (Phi) is 3.13. The lowest BCUT2D eigenvalue weighted by Crippen LogP contribution is -2.34. The molecular weight excluding hydrogens is 240 g/mol. The molecule has 0 amide bonds. The molecular formula is C14H16N4O. The third-order valence-electron chi connectivity index (χ3n) is 3.35. The standard InChI is InChI=1S/C14H16N4O/c1-10-4-11(6-16-5-10)8-18-9-17-13-7-15-3-2-12(13)14(18)19/h4-6,9,15H,2-3,7-8H2,1H3. The first kappa shape index (κ1) is 12.0. The lowest BCUT2D eigenvalue weighted by Gasteiger charge is -2.16. The van der Waals surface area contributed by atoms with E-state index < -0.39 is 0 Å². The zero-order valence-corrected chi connectivity index (χ0v) is 10.9. The monoisotopic (exact) mass is 256 g/mol. The van der Waals surface area contributed by atoms with Crippen molar-refractivity contribution in [3.8, 4) is 0 Å². The summed E-state index contributed by atoms with van der Waals surface area (Å²) in [6.07, 6.45) is 5.99. The molecule has 0 aliphatic carbocycles. The first-order chi connectivity index (χ1) is 9.24. The van der Waals surface area contributed by atoms with E-state index in [4.69, 9.17) is 0 Å². The molecule has 3 rings (SSSR count). The van der Waals surface area contributed by atoms with Gasteiger partial charge in [-0.05, 0) is 31.0 Å². The Labute approximate surface area is 111 Å². The Morgan fingerprint density at radius 2 is 2.32 bits per heavy atom. The van der Waals surface area contributed by atoms with Crippen LogP contribution in [-0.2, 0) is 19.5 Å². The van der Waals surface area contributed by atoms with E-state index >= 15 is 0 Å². The molecule has 98 valence electrons. The predicted molar refractivity (Wildman–Crippen MR) is 72.0 cm³/mol. The molecule has 2 aromatic heterocycles. The molecule has 0 spiro atoms. The van der Waals surface area contributed by atoms with Gasteiger partial charge < -0.3 is 5.32 Å². The maximum absolute atomic E-state index is 12.4. The van der Waals surface area contributed by atoms with Gasteiger partial charge in [-0.2, -0.15) is 0 Å². The molecule has 0 fully saturated rings. The van der Waals surface area contributed by atoms with Crippen molar-refractivity contribution in [2.45, 2.75) is 26.4 Å². The third-order valence-corrected chi connectivity index (χ3v) is 3.35. The minimum atomic E-state index is 0.0769. The summed E-state index contributed by atoms with van der Waals surface area (Å²) in [6.45, 7) is 4.06. The van der Waals surface area contributed by atoms with Crippen LogP contribution in [0.4, 0.5) is 0 Å². The first-order valence-corrected chi connectivity index (χ1v) is 6.42. The molecule has 5 nitrogen and oxygen atoms in total. The third kappa shape index (κ3) is 2.42. The van der Waals surface area contributed by atoms with Crippen molar-refractivity contribution in [1.82, 2.24) is 19.9 Å². The van der Waals surface area contributed by atoms with Gasteiger partial charge in [0.25, 0.3) is 5.56 Å². The van der Waals surface area contributed by atoms with Crippen LogP contribution in [0.1, 0.15) is 22.4 Å². The summed E-state index contributed by atoms with van der Waals surface area (Å²) >= 11 is 0. The second-order valence-electron chi connectivity index (χ2n) is 4.90. The number of nitrogens with one attached hydrogen (secondary N) is 1. The van der Waals surface area contributed by atoms with Crippen molar-refractivity contribution in [3.05, 3.63) is 57.5 Å². The maximum Gasteiger partial charge on any atom is 0.257 e. The number of hydrogen-bond donors (Lipinski definition) is 1. The van der Waals surface area contributed by atoms with E-state index in [2.05, 4.69) is 15.3 Å². The Bertz CT molecular complexity index is 663. The van der Waals surface area contributed by atoms with Gasteiger partial charge in [-0.1, -0.05) is 6.07 Å². The summed E-state index contributed by atoms with van der Waals surface area (Å²) in [5.74, 6) is 0. The summed E-state index contributed by atoms with van der Waals surface area (Å²) in [6, 6.07) is 2.04. The minimum Gasteiger partial charge on any atom is -0.311 e. The molecule has 3 heterocycles. The molecule has 0 radical (unpaired) electrons. The highest BCUT2D eigenvalue weighted by molar-refractivity contribution is 5.21. The van der Waals surface area contributed by atoms with Gasteiger partial charge >= 0.3 is 0 Å². The number of rotatable bonds is 2. The van der Waals surface area contributed by atoms with Crippen molar-refractivity contribution in [2.75, 3.05) is 6.54 Å². The highest BCUT2D eigenvalue weighted by Gasteiger charge is 2.15. The average Bonchev–Trinajstić information content (AvgIpc) is 2.42. The van der Waals surface area contributed by atoms with Crippen molar-refractivity contribution in [3.63, 3.8) is 0 Å². The number of aromatic nitrogens is 3. The number of aryl methyl sites for hydroxylation is 1. The summed E-state index contributed by atoms with van der Waals surface area (Å²) in [7, 11) is 0. The van der Waals surface area contributed by atoms with Crippen molar-refractivity contribution in [1.29, 1.82) is 0 Å². The largest absolute Gasteiger partial charge is 0.311 e. The van der Waals surface area contributed by atoms with Gasteiger partial charge in [-0.3, -0.25) is 14.3 Å². The van der Waals surface area contributed by atoms with Crippen LogP contribution in [0.2, 0.25) is 0 Å². The Morgan fingerprint density at radius 3 is 3.16 bits per heavy atom. The molecule has 0 saturated carbocycles. The fourth-order valence-corrected chi connectivity index (χ4v) is 2.40. The molecule has 0 bridgehead atoms. The van der Waals surface area contributed by atoms with Crippen molar-refractivity contribution < 1.29 is 0 Å². The number of fused-ring (bicyclic) bond motifs is 1. The van der Waals surface area contributed by atoms with E-state index in [9.17, 15) is 4.79 Å². The molecule has 0 aromatic carbocycles. The zero-order chi connectivity index (χ0) is 13.2. The summed E-state index contributed by atoms with van der Waals surface area (Å²) in [5, 5.41) is 3.22. The normalized spacial score (nSPS) is 14.2. The van der Waals surface area contributed by atoms with Gasteiger partial charge in [-0.15, -0.1) is 0 Å². The van der Waals surface area contributed by atoms with Gasteiger partial charge in [0, 0.05) is 24.5 Å². The maximum atomic E-state index is 12.4. The highest BCUT2D eigenvalue weighted by Crippen LogP contribution is 2.07. The molecule has 0 atom stereocenters. The van der Waals surface area contributed by atoms with Crippen LogP contribution in [0.25, 0.3) is 0 Å². The number of pyridine rings is 1. The zero-order valence-electron chi connectivity index (χ0n) is 10.9. The fourth-order valence-electron chi connectivity index (χ4n) is 2.40.